The van der Waals surface area contributed by atoms with Gasteiger partial charge in [0.05, 0.1) is 4.88 Å². The third-order valence-electron chi connectivity index (χ3n) is 3.49. The molecule has 0 bridgehead atoms. The summed E-state index contributed by atoms with van der Waals surface area (Å²) in [5.74, 6) is 5.67. The first-order chi connectivity index (χ1) is 9.22. The summed E-state index contributed by atoms with van der Waals surface area (Å²) in [5, 5.41) is 3.26. The lowest BCUT2D eigenvalue weighted by atomic mass is 9.98. The molecule has 2 rings (SSSR count). The van der Waals surface area contributed by atoms with Crippen LogP contribution in [0.3, 0.4) is 0 Å². The Morgan fingerprint density at radius 1 is 1.58 bits per heavy atom. The van der Waals surface area contributed by atoms with Crippen molar-refractivity contribution < 1.29 is 4.79 Å². The number of rotatable bonds is 5. The molecule has 6 heteroatoms. The van der Waals surface area contributed by atoms with Gasteiger partial charge >= 0.3 is 0 Å². The monoisotopic (exact) mass is 282 g/mol. The lowest BCUT2D eigenvalue weighted by Gasteiger charge is -2.32. The van der Waals surface area contributed by atoms with E-state index < -0.39 is 0 Å². The maximum atomic E-state index is 11.4. The highest BCUT2D eigenvalue weighted by atomic mass is 32.1. The molecule has 1 aromatic rings. The molecule has 0 aromatic carbocycles. The van der Waals surface area contributed by atoms with Crippen molar-refractivity contribution in [3.05, 3.63) is 21.9 Å². The zero-order chi connectivity index (χ0) is 13.7. The molecule has 1 amide bonds. The van der Waals surface area contributed by atoms with Gasteiger partial charge in [0, 0.05) is 18.0 Å². The van der Waals surface area contributed by atoms with Gasteiger partial charge < -0.3 is 5.32 Å². The van der Waals surface area contributed by atoms with E-state index in [0.29, 0.717) is 4.88 Å². The number of hydrogen-bond donors (Lipinski definition) is 3. The van der Waals surface area contributed by atoms with Crippen LogP contribution in [0.5, 0.6) is 0 Å². The van der Waals surface area contributed by atoms with Crippen molar-refractivity contribution in [1.29, 1.82) is 0 Å². The van der Waals surface area contributed by atoms with Crippen LogP contribution in [0, 0.1) is 5.92 Å². The predicted molar refractivity (Wildman–Crippen MR) is 77.9 cm³/mol. The largest absolute Gasteiger partial charge is 0.319 e. The van der Waals surface area contributed by atoms with E-state index in [1.807, 2.05) is 19.2 Å². The maximum absolute atomic E-state index is 11.4. The zero-order valence-electron chi connectivity index (χ0n) is 11.3. The maximum Gasteiger partial charge on any atom is 0.275 e. The van der Waals surface area contributed by atoms with Gasteiger partial charge in [0.25, 0.3) is 5.91 Å². The summed E-state index contributed by atoms with van der Waals surface area (Å²) in [6, 6.07) is 3.87. The van der Waals surface area contributed by atoms with Gasteiger partial charge in [-0.1, -0.05) is 0 Å². The van der Waals surface area contributed by atoms with E-state index in [-0.39, 0.29) is 5.91 Å². The molecule has 0 spiro atoms. The minimum Gasteiger partial charge on any atom is -0.319 e. The molecular formula is C13H22N4OS. The third-order valence-corrected chi connectivity index (χ3v) is 4.56. The zero-order valence-corrected chi connectivity index (χ0v) is 12.1. The molecule has 1 aromatic heterocycles. The van der Waals surface area contributed by atoms with Crippen molar-refractivity contribution in [2.45, 2.75) is 19.4 Å². The van der Waals surface area contributed by atoms with Crippen molar-refractivity contribution in [2.24, 2.45) is 11.8 Å². The number of carbonyl (C=O) groups excluding carboxylic acids is 1. The van der Waals surface area contributed by atoms with Gasteiger partial charge in [-0.05, 0) is 51.0 Å². The Kier molecular flexibility index (Phi) is 5.33. The summed E-state index contributed by atoms with van der Waals surface area (Å²) >= 11 is 1.52. The SMILES string of the molecule is CNCC1CCCN(Cc2ccc(C(=O)NN)s2)C1. The number of amides is 1. The average molecular weight is 282 g/mol. The predicted octanol–water partition coefficient (Wildman–Crippen LogP) is 0.783. The molecular weight excluding hydrogens is 260 g/mol. The third kappa shape index (κ3) is 4.01. The molecule has 2 heterocycles. The first-order valence-electron chi connectivity index (χ1n) is 6.69. The molecule has 1 unspecified atom stereocenters. The van der Waals surface area contributed by atoms with Crippen LogP contribution in [-0.2, 0) is 6.54 Å². The fourth-order valence-corrected chi connectivity index (χ4v) is 3.58. The second-order valence-corrected chi connectivity index (χ2v) is 6.21. The molecule has 0 saturated carbocycles. The lowest BCUT2D eigenvalue weighted by Crippen LogP contribution is -2.38. The van der Waals surface area contributed by atoms with Crippen molar-refractivity contribution in [3.63, 3.8) is 0 Å². The topological polar surface area (TPSA) is 70.4 Å². The molecule has 5 nitrogen and oxygen atoms in total. The number of hydrazine groups is 1. The number of nitrogens with zero attached hydrogens (tertiary/aromatic N) is 1. The van der Waals surface area contributed by atoms with E-state index in [1.54, 1.807) is 0 Å². The van der Waals surface area contributed by atoms with Crippen LogP contribution < -0.4 is 16.6 Å². The lowest BCUT2D eigenvalue weighted by molar-refractivity contribution is 0.0957. The number of nitrogens with two attached hydrogens (primary N) is 1. The van der Waals surface area contributed by atoms with E-state index >= 15 is 0 Å². The van der Waals surface area contributed by atoms with E-state index in [4.69, 9.17) is 5.84 Å². The van der Waals surface area contributed by atoms with Crippen LogP contribution in [0.1, 0.15) is 27.4 Å². The van der Waals surface area contributed by atoms with Gasteiger partial charge in [-0.2, -0.15) is 0 Å². The smallest absolute Gasteiger partial charge is 0.275 e. The van der Waals surface area contributed by atoms with E-state index in [0.717, 1.165) is 32.1 Å². The molecule has 1 fully saturated rings. The van der Waals surface area contributed by atoms with Gasteiger partial charge in [-0.25, -0.2) is 5.84 Å². The Labute approximate surface area is 118 Å². The molecule has 0 aliphatic carbocycles. The number of hydrogen-bond acceptors (Lipinski definition) is 5. The number of thiophene rings is 1. The number of piperidine rings is 1. The van der Waals surface area contributed by atoms with Crippen molar-refractivity contribution in [3.8, 4) is 0 Å². The Morgan fingerprint density at radius 3 is 3.16 bits per heavy atom. The van der Waals surface area contributed by atoms with Crippen LogP contribution in [0.15, 0.2) is 12.1 Å². The highest BCUT2D eigenvalue weighted by molar-refractivity contribution is 7.14. The van der Waals surface area contributed by atoms with Gasteiger partial charge in [0.15, 0.2) is 0 Å². The highest BCUT2D eigenvalue weighted by Gasteiger charge is 2.20. The average Bonchev–Trinajstić information content (AvgIpc) is 2.87. The first kappa shape index (κ1) is 14.5. The Balaban J connectivity index is 1.89. The van der Waals surface area contributed by atoms with Crippen LogP contribution >= 0.6 is 11.3 Å². The summed E-state index contributed by atoms with van der Waals surface area (Å²) in [6.45, 7) is 4.30. The number of likely N-dealkylation sites (tertiary alicyclic amines) is 1. The van der Waals surface area contributed by atoms with Crippen molar-refractivity contribution >= 4 is 17.2 Å². The van der Waals surface area contributed by atoms with Crippen LogP contribution in [0.2, 0.25) is 0 Å². The minimum absolute atomic E-state index is 0.206. The Hall–Kier alpha value is -0.950. The summed E-state index contributed by atoms with van der Waals surface area (Å²) in [6.07, 6.45) is 2.57. The van der Waals surface area contributed by atoms with Gasteiger partial charge in [-0.3, -0.25) is 15.1 Å². The van der Waals surface area contributed by atoms with Gasteiger partial charge in [-0.15, -0.1) is 11.3 Å². The van der Waals surface area contributed by atoms with Crippen molar-refractivity contribution in [2.75, 3.05) is 26.7 Å². The molecule has 1 aliphatic heterocycles. The van der Waals surface area contributed by atoms with Crippen molar-refractivity contribution in [1.82, 2.24) is 15.6 Å². The van der Waals surface area contributed by atoms with Crippen LogP contribution in [0.4, 0.5) is 0 Å². The number of carbonyl (C=O) groups is 1. The van der Waals surface area contributed by atoms with E-state index in [1.165, 1.54) is 29.1 Å². The van der Waals surface area contributed by atoms with E-state index in [2.05, 4.69) is 15.6 Å². The molecule has 4 N–H and O–H groups in total. The van der Waals surface area contributed by atoms with Gasteiger partial charge in [0.1, 0.15) is 0 Å². The standard InChI is InChI=1S/C13H22N4OS/c1-15-7-10-3-2-6-17(8-10)9-11-4-5-12(19-11)13(18)16-14/h4-5,10,15H,2-3,6-9,14H2,1H3,(H,16,18). The Morgan fingerprint density at radius 2 is 2.42 bits per heavy atom. The molecule has 1 saturated heterocycles. The molecule has 106 valence electrons. The number of nitrogens with one attached hydrogen (secondary N) is 2. The molecule has 0 radical (unpaired) electrons. The normalized spacial score (nSPS) is 20.4. The molecule has 1 atom stereocenters. The quantitative estimate of drug-likeness (QED) is 0.424. The number of nitrogen functional groups attached to an aromatic ring is 1. The van der Waals surface area contributed by atoms with Crippen LogP contribution in [0.25, 0.3) is 0 Å². The summed E-state index contributed by atoms with van der Waals surface area (Å²) in [7, 11) is 2.01. The second-order valence-electron chi connectivity index (χ2n) is 5.04. The minimum atomic E-state index is -0.206. The summed E-state index contributed by atoms with van der Waals surface area (Å²) in [5.41, 5.74) is 2.17. The van der Waals surface area contributed by atoms with Crippen LogP contribution in [-0.4, -0.2) is 37.5 Å². The molecule has 1 aliphatic rings. The molecule has 19 heavy (non-hydrogen) atoms. The first-order valence-corrected chi connectivity index (χ1v) is 7.51. The fourth-order valence-electron chi connectivity index (χ4n) is 2.63. The summed E-state index contributed by atoms with van der Waals surface area (Å²) in [4.78, 5) is 15.8. The summed E-state index contributed by atoms with van der Waals surface area (Å²) < 4.78 is 0. The second kappa shape index (κ2) is 7.00. The highest BCUT2D eigenvalue weighted by Crippen LogP contribution is 2.22. The van der Waals surface area contributed by atoms with Gasteiger partial charge in [0.2, 0.25) is 0 Å². The Bertz CT molecular complexity index is 419. The van der Waals surface area contributed by atoms with E-state index in [9.17, 15) is 4.79 Å². The fraction of sp³-hybridized carbons (Fsp3) is 0.615.